The summed E-state index contributed by atoms with van der Waals surface area (Å²) in [5.41, 5.74) is 4.21. The molecule has 182 valence electrons. The van der Waals surface area contributed by atoms with E-state index in [-0.39, 0.29) is 18.2 Å². The summed E-state index contributed by atoms with van der Waals surface area (Å²) in [5, 5.41) is 10.00. The van der Waals surface area contributed by atoms with Crippen molar-refractivity contribution in [3.05, 3.63) is 54.2 Å². The van der Waals surface area contributed by atoms with Gasteiger partial charge in [-0.15, -0.1) is 0 Å². The molecule has 6 nitrogen and oxygen atoms in total. The number of alkyl halides is 1. The number of methoxy groups -OCH3 is 1. The van der Waals surface area contributed by atoms with Crippen LogP contribution in [0.4, 0.5) is 10.1 Å². The summed E-state index contributed by atoms with van der Waals surface area (Å²) in [4.78, 5) is 9.13. The van der Waals surface area contributed by atoms with Crippen LogP contribution in [-0.2, 0) is 4.74 Å². The normalized spacial score (nSPS) is 25.4. The largest absolute Gasteiger partial charge is 0.494 e. The minimum absolute atomic E-state index is 0.0950. The molecule has 7 heteroatoms. The fourth-order valence-electron chi connectivity index (χ4n) is 5.60. The average molecular weight is 475 g/mol. The zero-order valence-electron chi connectivity index (χ0n) is 20.4. The van der Waals surface area contributed by atoms with Gasteiger partial charge in [-0.3, -0.25) is 9.88 Å². The highest BCUT2D eigenvalue weighted by atomic mass is 19.1. The molecule has 0 saturated carbocycles. The SMILES string of the molecule is COc1c(N2CCC(N3CC(C)OC(C)C3)C(F)C2)cnc2c(-c3ccc(C#N)cc3)cccc12. The number of nitriles is 1. The molecule has 0 bridgehead atoms. The van der Waals surface area contributed by atoms with Gasteiger partial charge in [0.1, 0.15) is 6.17 Å². The van der Waals surface area contributed by atoms with Gasteiger partial charge in [-0.1, -0.05) is 24.3 Å². The van der Waals surface area contributed by atoms with Gasteiger partial charge in [0, 0.05) is 36.6 Å². The van der Waals surface area contributed by atoms with Crippen molar-refractivity contribution in [1.29, 1.82) is 5.26 Å². The maximum Gasteiger partial charge on any atom is 0.153 e. The number of halogens is 1. The number of morpholine rings is 1. The van der Waals surface area contributed by atoms with Gasteiger partial charge in [-0.05, 0) is 44.0 Å². The zero-order valence-corrected chi connectivity index (χ0v) is 20.4. The molecule has 2 fully saturated rings. The molecule has 0 spiro atoms. The molecule has 4 unspecified atom stereocenters. The van der Waals surface area contributed by atoms with Crippen LogP contribution in [0.1, 0.15) is 25.8 Å². The number of nitrogens with zero attached hydrogens (tertiary/aromatic N) is 4. The predicted octanol–water partition coefficient (Wildman–Crippen LogP) is 4.81. The van der Waals surface area contributed by atoms with E-state index in [1.165, 1.54) is 0 Å². The lowest BCUT2D eigenvalue weighted by atomic mass is 9.98. The molecule has 3 heterocycles. The summed E-state index contributed by atoms with van der Waals surface area (Å²) in [6.45, 7) is 6.71. The van der Waals surface area contributed by atoms with Crippen molar-refractivity contribution in [2.45, 2.75) is 44.7 Å². The summed E-state index contributed by atoms with van der Waals surface area (Å²) < 4.78 is 27.2. The topological polar surface area (TPSA) is 61.6 Å². The van der Waals surface area contributed by atoms with Crippen LogP contribution in [0, 0.1) is 11.3 Å². The molecule has 2 saturated heterocycles. The van der Waals surface area contributed by atoms with Gasteiger partial charge < -0.3 is 14.4 Å². The van der Waals surface area contributed by atoms with Crippen molar-refractivity contribution < 1.29 is 13.9 Å². The number of piperidine rings is 1. The van der Waals surface area contributed by atoms with Crippen LogP contribution in [0.5, 0.6) is 5.75 Å². The second kappa shape index (κ2) is 9.80. The summed E-state index contributed by atoms with van der Waals surface area (Å²) in [6.07, 6.45) is 1.83. The van der Waals surface area contributed by atoms with Gasteiger partial charge >= 0.3 is 0 Å². The Morgan fingerprint density at radius 2 is 1.83 bits per heavy atom. The van der Waals surface area contributed by atoms with E-state index in [2.05, 4.69) is 29.7 Å². The smallest absolute Gasteiger partial charge is 0.153 e. The number of rotatable bonds is 4. The van der Waals surface area contributed by atoms with E-state index >= 15 is 4.39 Å². The molecular weight excluding hydrogens is 443 g/mol. The molecule has 35 heavy (non-hydrogen) atoms. The third-order valence-corrected chi connectivity index (χ3v) is 7.12. The Hall–Kier alpha value is -3.21. The Morgan fingerprint density at radius 3 is 2.49 bits per heavy atom. The molecular formula is C28H31FN4O2. The Balaban J connectivity index is 1.43. The highest BCUT2D eigenvalue weighted by molar-refractivity contribution is 5.99. The molecule has 0 amide bonds. The molecule has 4 atom stereocenters. The molecule has 3 aromatic rings. The average Bonchev–Trinajstić information content (AvgIpc) is 2.87. The van der Waals surface area contributed by atoms with Crippen LogP contribution >= 0.6 is 0 Å². The number of para-hydroxylation sites is 1. The standard InChI is InChI=1S/C28H31FN4O2/c1-18-15-33(16-19(2)35-18)25-11-12-32(17-24(25)29)26-14-31-27-22(5-4-6-23(27)28(26)34-3)21-9-7-20(13-30)8-10-21/h4-10,14,18-19,24-25H,11-12,15-17H2,1-3H3. The molecule has 0 N–H and O–H groups in total. The lowest BCUT2D eigenvalue weighted by molar-refractivity contribution is -0.0910. The number of benzene rings is 2. The van der Waals surface area contributed by atoms with Gasteiger partial charge in [-0.2, -0.15) is 5.26 Å². The van der Waals surface area contributed by atoms with Crippen molar-refractivity contribution in [1.82, 2.24) is 9.88 Å². The Labute approximate surface area is 205 Å². The third-order valence-electron chi connectivity index (χ3n) is 7.12. The van der Waals surface area contributed by atoms with Crippen molar-refractivity contribution in [2.75, 3.05) is 38.2 Å². The van der Waals surface area contributed by atoms with E-state index in [0.717, 1.165) is 53.8 Å². The van der Waals surface area contributed by atoms with E-state index in [4.69, 9.17) is 19.7 Å². The number of aromatic nitrogens is 1. The van der Waals surface area contributed by atoms with Crippen LogP contribution in [-0.4, -0.2) is 67.6 Å². The molecule has 0 radical (unpaired) electrons. The van der Waals surface area contributed by atoms with E-state index in [1.54, 1.807) is 25.4 Å². The monoisotopic (exact) mass is 474 g/mol. The maximum absolute atomic E-state index is 15.5. The van der Waals surface area contributed by atoms with Crippen molar-refractivity contribution >= 4 is 16.6 Å². The Morgan fingerprint density at radius 1 is 1.09 bits per heavy atom. The lowest BCUT2D eigenvalue weighted by Crippen LogP contribution is -2.58. The predicted molar refractivity (Wildman–Crippen MR) is 136 cm³/mol. The van der Waals surface area contributed by atoms with Crippen LogP contribution in [0.3, 0.4) is 0 Å². The van der Waals surface area contributed by atoms with Gasteiger partial charge in [-0.25, -0.2) is 4.39 Å². The summed E-state index contributed by atoms with van der Waals surface area (Å²) in [7, 11) is 1.66. The van der Waals surface area contributed by atoms with E-state index in [1.807, 2.05) is 30.3 Å². The number of anilines is 1. The van der Waals surface area contributed by atoms with Crippen LogP contribution in [0.15, 0.2) is 48.7 Å². The second-order valence-electron chi connectivity index (χ2n) is 9.60. The maximum atomic E-state index is 15.5. The van der Waals surface area contributed by atoms with Crippen molar-refractivity contribution in [2.24, 2.45) is 0 Å². The lowest BCUT2D eigenvalue weighted by Gasteiger charge is -2.45. The zero-order chi connectivity index (χ0) is 24.5. The van der Waals surface area contributed by atoms with Crippen LogP contribution in [0.2, 0.25) is 0 Å². The van der Waals surface area contributed by atoms with E-state index in [9.17, 15) is 0 Å². The van der Waals surface area contributed by atoms with E-state index in [0.29, 0.717) is 17.9 Å². The number of hydrogen-bond donors (Lipinski definition) is 0. The minimum Gasteiger partial charge on any atom is -0.494 e. The van der Waals surface area contributed by atoms with Crippen molar-refractivity contribution in [3.8, 4) is 22.9 Å². The summed E-state index contributed by atoms with van der Waals surface area (Å²) >= 11 is 0. The van der Waals surface area contributed by atoms with Gasteiger partial charge in [0.2, 0.25) is 0 Å². The molecule has 0 aliphatic carbocycles. The summed E-state index contributed by atoms with van der Waals surface area (Å²) in [5.74, 6) is 0.713. The van der Waals surface area contributed by atoms with E-state index < -0.39 is 6.17 Å². The Bertz CT molecular complexity index is 1230. The van der Waals surface area contributed by atoms with Crippen LogP contribution < -0.4 is 9.64 Å². The first-order valence-corrected chi connectivity index (χ1v) is 12.2. The molecule has 2 aromatic carbocycles. The highest BCUT2D eigenvalue weighted by Gasteiger charge is 2.37. The van der Waals surface area contributed by atoms with Gasteiger partial charge in [0.25, 0.3) is 0 Å². The molecule has 2 aliphatic heterocycles. The first-order valence-electron chi connectivity index (χ1n) is 12.2. The third kappa shape index (κ3) is 4.56. The highest BCUT2D eigenvalue weighted by Crippen LogP contribution is 2.40. The minimum atomic E-state index is -0.966. The number of ether oxygens (including phenoxy) is 2. The van der Waals surface area contributed by atoms with Gasteiger partial charge in [0.05, 0.1) is 54.9 Å². The molecule has 5 rings (SSSR count). The quantitative estimate of drug-likeness (QED) is 0.541. The molecule has 1 aromatic heterocycles. The fourth-order valence-corrected chi connectivity index (χ4v) is 5.60. The first-order chi connectivity index (χ1) is 17.0. The summed E-state index contributed by atoms with van der Waals surface area (Å²) in [6, 6.07) is 15.5. The second-order valence-corrected chi connectivity index (χ2v) is 9.60. The fraction of sp³-hybridized carbons (Fsp3) is 0.429. The van der Waals surface area contributed by atoms with Gasteiger partial charge in [0.15, 0.2) is 5.75 Å². The van der Waals surface area contributed by atoms with Crippen LogP contribution in [0.25, 0.3) is 22.0 Å². The molecule has 2 aliphatic rings. The van der Waals surface area contributed by atoms with Crippen molar-refractivity contribution in [3.63, 3.8) is 0 Å². The number of hydrogen-bond acceptors (Lipinski definition) is 6. The number of fused-ring (bicyclic) bond motifs is 1. The number of pyridine rings is 1. The Kier molecular flexibility index (Phi) is 6.59. The first kappa shape index (κ1) is 23.5.